The van der Waals surface area contributed by atoms with Gasteiger partial charge in [0.2, 0.25) is 0 Å². The third kappa shape index (κ3) is 4.20. The normalized spacial score (nSPS) is 11.4. The monoisotopic (exact) mass is 157 g/mol. The van der Waals surface area contributed by atoms with Crippen LogP contribution in [0, 0.1) is 11.3 Å². The molecule has 0 unspecified atom stereocenters. The van der Waals surface area contributed by atoms with E-state index in [4.69, 9.17) is 5.26 Å². The summed E-state index contributed by atoms with van der Waals surface area (Å²) in [5, 5.41) is 8.36. The van der Waals surface area contributed by atoms with Crippen molar-refractivity contribution in [2.45, 2.75) is 26.4 Å². The number of hydrogen-bond donors (Lipinski definition) is 0. The molecule has 4 heteroatoms. The fraction of sp³-hybridized carbons (Fsp3) is 0.714. The number of carbonyl (C=O) groups is 1. The molecule has 0 bridgehead atoms. The van der Waals surface area contributed by atoms with Gasteiger partial charge in [0.25, 0.3) is 0 Å². The zero-order valence-electron chi connectivity index (χ0n) is 6.66. The van der Waals surface area contributed by atoms with Crippen LogP contribution in [-0.4, -0.2) is 18.9 Å². The summed E-state index contributed by atoms with van der Waals surface area (Å²) < 4.78 is 9.03. The summed E-state index contributed by atoms with van der Waals surface area (Å²) in [6.07, 6.45) is -0.982. The molecule has 0 radical (unpaired) electrons. The van der Waals surface area contributed by atoms with E-state index in [2.05, 4.69) is 9.47 Å². The number of hydrogen-bond acceptors (Lipinski definition) is 4. The molecule has 0 aliphatic carbocycles. The highest BCUT2D eigenvalue weighted by Crippen LogP contribution is 1.97. The number of ether oxygens (including phenoxy) is 2. The molecular weight excluding hydrogens is 146 g/mol. The van der Waals surface area contributed by atoms with Crippen LogP contribution in [0.3, 0.4) is 0 Å². The molecule has 0 aromatic rings. The Morgan fingerprint density at radius 2 is 2.27 bits per heavy atom. The van der Waals surface area contributed by atoms with Gasteiger partial charge in [0.15, 0.2) is 6.10 Å². The molecule has 0 N–H and O–H groups in total. The Hall–Kier alpha value is -1.24. The van der Waals surface area contributed by atoms with E-state index in [1.165, 1.54) is 0 Å². The molecule has 0 amide bonds. The fourth-order valence-electron chi connectivity index (χ4n) is 0.469. The van der Waals surface area contributed by atoms with Gasteiger partial charge < -0.3 is 9.47 Å². The summed E-state index contributed by atoms with van der Waals surface area (Å²) in [6, 6.07) is 1.82. The highest BCUT2D eigenvalue weighted by molar-refractivity contribution is 5.60. The Morgan fingerprint density at radius 3 is 2.64 bits per heavy atom. The van der Waals surface area contributed by atoms with Crippen LogP contribution in [0.25, 0.3) is 0 Å². The van der Waals surface area contributed by atoms with E-state index in [0.717, 1.165) is 0 Å². The number of nitrogens with zero attached hydrogens (tertiary/aromatic N) is 1. The van der Waals surface area contributed by atoms with Crippen molar-refractivity contribution in [3.8, 4) is 6.07 Å². The third-order valence-electron chi connectivity index (χ3n) is 1.02. The van der Waals surface area contributed by atoms with E-state index < -0.39 is 12.3 Å². The Kier molecular flexibility index (Phi) is 4.91. The Morgan fingerprint density at radius 1 is 1.64 bits per heavy atom. The maximum atomic E-state index is 10.6. The number of nitriles is 1. The zero-order chi connectivity index (χ0) is 8.69. The molecular formula is C7H11NO3. The quantitative estimate of drug-likeness (QED) is 0.582. The molecule has 0 saturated carbocycles. The molecule has 1 atom stereocenters. The van der Waals surface area contributed by atoms with Crippen molar-refractivity contribution >= 4 is 6.16 Å². The average molecular weight is 157 g/mol. The molecule has 0 fully saturated rings. The van der Waals surface area contributed by atoms with Gasteiger partial charge in [-0.25, -0.2) is 4.79 Å². The Balaban J connectivity index is 3.65. The lowest BCUT2D eigenvalue weighted by molar-refractivity contribution is 0.0416. The number of rotatable bonds is 3. The van der Waals surface area contributed by atoms with Crippen LogP contribution < -0.4 is 0 Å². The van der Waals surface area contributed by atoms with Crippen LogP contribution in [0.4, 0.5) is 4.79 Å². The van der Waals surface area contributed by atoms with Crippen molar-refractivity contribution in [2.75, 3.05) is 6.61 Å². The van der Waals surface area contributed by atoms with Gasteiger partial charge in [-0.05, 0) is 13.3 Å². The number of carbonyl (C=O) groups excluding carboxylic acids is 1. The predicted molar refractivity (Wildman–Crippen MR) is 37.8 cm³/mol. The average Bonchev–Trinajstić information content (AvgIpc) is 2.01. The van der Waals surface area contributed by atoms with E-state index in [1.54, 1.807) is 13.8 Å². The molecule has 0 heterocycles. The van der Waals surface area contributed by atoms with E-state index in [0.29, 0.717) is 6.42 Å². The molecule has 0 aliphatic rings. The molecule has 0 aromatic carbocycles. The van der Waals surface area contributed by atoms with Crippen LogP contribution in [-0.2, 0) is 9.47 Å². The first kappa shape index (κ1) is 9.76. The first-order chi connectivity index (χ1) is 5.24. The van der Waals surface area contributed by atoms with Crippen molar-refractivity contribution in [3.05, 3.63) is 0 Å². The minimum Gasteiger partial charge on any atom is -0.435 e. The lowest BCUT2D eigenvalue weighted by Gasteiger charge is -2.06. The van der Waals surface area contributed by atoms with Gasteiger partial charge in [0.1, 0.15) is 6.07 Å². The molecule has 4 nitrogen and oxygen atoms in total. The minimum absolute atomic E-state index is 0.265. The molecule has 11 heavy (non-hydrogen) atoms. The molecule has 0 saturated heterocycles. The summed E-state index contributed by atoms with van der Waals surface area (Å²) in [5.74, 6) is 0. The molecule has 62 valence electrons. The van der Waals surface area contributed by atoms with Gasteiger partial charge in [0.05, 0.1) is 6.61 Å². The second-order valence-electron chi connectivity index (χ2n) is 1.83. The standard InChI is InChI=1S/C7H11NO3/c1-3-6(5-8)11-7(9)10-4-2/h6H,3-4H2,1-2H3/t6-/m0/s1. The lowest BCUT2D eigenvalue weighted by atomic mass is 10.3. The first-order valence-corrected chi connectivity index (χ1v) is 3.47. The zero-order valence-corrected chi connectivity index (χ0v) is 6.66. The van der Waals surface area contributed by atoms with Crippen LogP contribution >= 0.6 is 0 Å². The van der Waals surface area contributed by atoms with Crippen LogP contribution in [0.1, 0.15) is 20.3 Å². The predicted octanol–water partition coefficient (Wildman–Crippen LogP) is 1.46. The van der Waals surface area contributed by atoms with Gasteiger partial charge in [-0.3, -0.25) is 0 Å². The summed E-state index contributed by atoms with van der Waals surface area (Å²) in [7, 11) is 0. The maximum Gasteiger partial charge on any atom is 0.509 e. The summed E-state index contributed by atoms with van der Waals surface area (Å²) in [5.41, 5.74) is 0. The van der Waals surface area contributed by atoms with Crippen LogP contribution in [0.2, 0.25) is 0 Å². The third-order valence-corrected chi connectivity index (χ3v) is 1.02. The molecule has 0 rings (SSSR count). The van der Waals surface area contributed by atoms with Gasteiger partial charge in [-0.2, -0.15) is 5.26 Å². The Bertz CT molecular complexity index is 162. The summed E-state index contributed by atoms with van der Waals surface area (Å²) in [4.78, 5) is 10.6. The topological polar surface area (TPSA) is 59.3 Å². The van der Waals surface area contributed by atoms with E-state index in [1.807, 2.05) is 6.07 Å². The SMILES string of the molecule is CCOC(=O)O[C@H](C#N)CC. The largest absolute Gasteiger partial charge is 0.509 e. The van der Waals surface area contributed by atoms with Crippen molar-refractivity contribution in [2.24, 2.45) is 0 Å². The highest BCUT2D eigenvalue weighted by atomic mass is 16.7. The molecule has 0 aliphatic heterocycles. The minimum atomic E-state index is -0.777. The molecule has 0 aromatic heterocycles. The second kappa shape index (κ2) is 5.54. The van der Waals surface area contributed by atoms with Gasteiger partial charge in [-0.1, -0.05) is 6.92 Å². The first-order valence-electron chi connectivity index (χ1n) is 3.47. The van der Waals surface area contributed by atoms with Crippen molar-refractivity contribution in [1.82, 2.24) is 0 Å². The van der Waals surface area contributed by atoms with Crippen molar-refractivity contribution in [1.29, 1.82) is 5.26 Å². The van der Waals surface area contributed by atoms with Gasteiger partial charge >= 0.3 is 6.16 Å². The highest BCUT2D eigenvalue weighted by Gasteiger charge is 2.10. The second-order valence-corrected chi connectivity index (χ2v) is 1.83. The van der Waals surface area contributed by atoms with E-state index >= 15 is 0 Å². The van der Waals surface area contributed by atoms with Crippen LogP contribution in [0.5, 0.6) is 0 Å². The lowest BCUT2D eigenvalue weighted by Crippen LogP contribution is -2.16. The summed E-state index contributed by atoms with van der Waals surface area (Å²) in [6.45, 7) is 3.70. The molecule has 0 spiro atoms. The maximum absolute atomic E-state index is 10.6. The van der Waals surface area contributed by atoms with Crippen molar-refractivity contribution in [3.63, 3.8) is 0 Å². The fourth-order valence-corrected chi connectivity index (χ4v) is 0.469. The smallest absolute Gasteiger partial charge is 0.435 e. The van der Waals surface area contributed by atoms with Gasteiger partial charge in [-0.15, -0.1) is 0 Å². The van der Waals surface area contributed by atoms with Gasteiger partial charge in [0, 0.05) is 0 Å². The Labute approximate surface area is 65.7 Å². The van der Waals surface area contributed by atoms with E-state index in [-0.39, 0.29) is 6.61 Å². The van der Waals surface area contributed by atoms with Crippen LogP contribution in [0.15, 0.2) is 0 Å². The van der Waals surface area contributed by atoms with E-state index in [9.17, 15) is 4.79 Å². The summed E-state index contributed by atoms with van der Waals surface area (Å²) >= 11 is 0. The van der Waals surface area contributed by atoms with Crippen molar-refractivity contribution < 1.29 is 14.3 Å².